The van der Waals surface area contributed by atoms with Gasteiger partial charge in [-0.3, -0.25) is 4.90 Å². The highest BCUT2D eigenvalue weighted by molar-refractivity contribution is 4.72. The predicted molar refractivity (Wildman–Crippen MR) is 80.1 cm³/mol. The number of nitrogens with zero attached hydrogens (tertiary/aromatic N) is 3. The fourth-order valence-electron chi connectivity index (χ4n) is 2.17. The van der Waals surface area contributed by atoms with E-state index in [1.807, 2.05) is 0 Å². The lowest BCUT2D eigenvalue weighted by molar-refractivity contribution is 0.137. The third-order valence-corrected chi connectivity index (χ3v) is 4.52. The zero-order valence-electron chi connectivity index (χ0n) is 13.2. The highest BCUT2D eigenvalue weighted by atomic mass is 15.3. The van der Waals surface area contributed by atoms with Crippen molar-refractivity contribution in [2.75, 3.05) is 59.9 Å². The molecule has 18 heavy (non-hydrogen) atoms. The maximum Gasteiger partial charge on any atom is 0.0110 e. The van der Waals surface area contributed by atoms with Crippen molar-refractivity contribution in [3.05, 3.63) is 0 Å². The Bertz CT molecular complexity index is 220. The van der Waals surface area contributed by atoms with Gasteiger partial charge in [0.25, 0.3) is 0 Å². The summed E-state index contributed by atoms with van der Waals surface area (Å²) < 4.78 is 0. The zero-order chi connectivity index (χ0) is 13.6. The Hall–Kier alpha value is -0.120. The van der Waals surface area contributed by atoms with Crippen LogP contribution in [0.4, 0.5) is 0 Å². The fraction of sp³-hybridized carbons (Fsp3) is 1.00. The van der Waals surface area contributed by atoms with Gasteiger partial charge >= 0.3 is 0 Å². The Morgan fingerprint density at radius 3 is 2.22 bits per heavy atom. The number of rotatable bonds is 7. The Balaban J connectivity index is 2.11. The second-order valence-electron chi connectivity index (χ2n) is 6.72. The summed E-state index contributed by atoms with van der Waals surface area (Å²) in [6, 6.07) is 0. The fourth-order valence-corrected chi connectivity index (χ4v) is 2.17. The van der Waals surface area contributed by atoms with E-state index in [1.54, 1.807) is 0 Å². The van der Waals surface area contributed by atoms with Crippen molar-refractivity contribution in [3.63, 3.8) is 0 Å². The van der Waals surface area contributed by atoms with E-state index >= 15 is 0 Å². The van der Waals surface area contributed by atoms with Gasteiger partial charge in [0.2, 0.25) is 0 Å². The lowest BCUT2D eigenvalue weighted by Crippen LogP contribution is -2.46. The zero-order valence-corrected chi connectivity index (χ0v) is 13.2. The minimum Gasteiger partial charge on any atom is -0.305 e. The number of piperazine rings is 1. The maximum absolute atomic E-state index is 2.60. The molecule has 1 fully saturated rings. The summed E-state index contributed by atoms with van der Waals surface area (Å²) in [6.07, 6.45) is 2.59. The second kappa shape index (κ2) is 7.46. The average Bonchev–Trinajstić information content (AvgIpc) is 2.36. The normalized spacial score (nSPS) is 19.7. The minimum atomic E-state index is 0.502. The molecule has 108 valence electrons. The molecule has 1 rings (SSSR count). The summed E-state index contributed by atoms with van der Waals surface area (Å²) in [4.78, 5) is 7.52. The molecule has 0 N–H and O–H groups in total. The van der Waals surface area contributed by atoms with Crippen LogP contribution in [0.25, 0.3) is 0 Å². The molecule has 1 heterocycles. The van der Waals surface area contributed by atoms with Gasteiger partial charge in [-0.25, -0.2) is 0 Å². The highest BCUT2D eigenvalue weighted by Crippen LogP contribution is 2.24. The molecule has 1 aliphatic rings. The van der Waals surface area contributed by atoms with Gasteiger partial charge in [0.05, 0.1) is 0 Å². The lowest BCUT2D eigenvalue weighted by atomic mass is 9.86. The molecule has 3 nitrogen and oxygen atoms in total. The number of hydrogen-bond donors (Lipinski definition) is 0. The summed E-state index contributed by atoms with van der Waals surface area (Å²) in [5, 5.41) is 0. The monoisotopic (exact) mass is 255 g/mol. The average molecular weight is 255 g/mol. The molecule has 0 saturated carbocycles. The Labute approximate surface area is 114 Å². The van der Waals surface area contributed by atoms with Crippen molar-refractivity contribution in [1.29, 1.82) is 0 Å². The van der Waals surface area contributed by atoms with E-state index in [0.717, 1.165) is 0 Å². The van der Waals surface area contributed by atoms with E-state index in [0.29, 0.717) is 5.41 Å². The summed E-state index contributed by atoms with van der Waals surface area (Å²) in [6.45, 7) is 15.7. The van der Waals surface area contributed by atoms with E-state index in [2.05, 4.69) is 49.6 Å². The van der Waals surface area contributed by atoms with Crippen LogP contribution in [0.5, 0.6) is 0 Å². The van der Waals surface area contributed by atoms with Crippen molar-refractivity contribution >= 4 is 0 Å². The molecule has 1 saturated heterocycles. The molecule has 0 aromatic heterocycles. The van der Waals surface area contributed by atoms with E-state index in [9.17, 15) is 0 Å². The molecule has 0 aliphatic carbocycles. The Kier molecular flexibility index (Phi) is 6.61. The molecule has 0 aromatic carbocycles. The van der Waals surface area contributed by atoms with Gasteiger partial charge in [-0.15, -0.1) is 0 Å². The summed E-state index contributed by atoms with van der Waals surface area (Å²) in [5.41, 5.74) is 0.502. The molecule has 0 atom stereocenters. The first-order valence-corrected chi connectivity index (χ1v) is 7.52. The molecule has 0 aromatic rings. The quantitative estimate of drug-likeness (QED) is 0.689. The minimum absolute atomic E-state index is 0.502. The molecular weight excluding hydrogens is 222 g/mol. The Morgan fingerprint density at radius 1 is 1.06 bits per heavy atom. The van der Waals surface area contributed by atoms with Crippen LogP contribution in [-0.2, 0) is 0 Å². The van der Waals surface area contributed by atoms with Crippen molar-refractivity contribution in [1.82, 2.24) is 14.7 Å². The number of hydrogen-bond acceptors (Lipinski definition) is 3. The first-order chi connectivity index (χ1) is 8.43. The van der Waals surface area contributed by atoms with Gasteiger partial charge in [0, 0.05) is 39.3 Å². The second-order valence-corrected chi connectivity index (χ2v) is 6.72. The van der Waals surface area contributed by atoms with E-state index in [-0.39, 0.29) is 0 Å². The third kappa shape index (κ3) is 6.17. The molecule has 0 unspecified atom stereocenters. The van der Waals surface area contributed by atoms with Gasteiger partial charge in [-0.05, 0) is 32.5 Å². The highest BCUT2D eigenvalue weighted by Gasteiger charge is 2.17. The van der Waals surface area contributed by atoms with Crippen molar-refractivity contribution < 1.29 is 0 Å². The first-order valence-electron chi connectivity index (χ1n) is 7.52. The van der Waals surface area contributed by atoms with Crippen LogP contribution < -0.4 is 0 Å². The Morgan fingerprint density at radius 2 is 1.67 bits per heavy atom. The van der Waals surface area contributed by atoms with Crippen molar-refractivity contribution in [2.45, 2.75) is 33.6 Å². The molecular formula is C15H33N3. The predicted octanol–water partition coefficient (Wildman–Crippen LogP) is 1.99. The van der Waals surface area contributed by atoms with E-state index in [1.165, 1.54) is 58.7 Å². The van der Waals surface area contributed by atoms with Crippen LogP contribution in [0.3, 0.4) is 0 Å². The van der Waals surface area contributed by atoms with Crippen LogP contribution >= 0.6 is 0 Å². The molecule has 0 spiro atoms. The first kappa shape index (κ1) is 15.9. The molecule has 0 radical (unpaired) electrons. The van der Waals surface area contributed by atoms with Crippen LogP contribution in [0.1, 0.15) is 33.6 Å². The van der Waals surface area contributed by atoms with Crippen molar-refractivity contribution in [3.8, 4) is 0 Å². The topological polar surface area (TPSA) is 9.72 Å². The van der Waals surface area contributed by atoms with Crippen molar-refractivity contribution in [2.24, 2.45) is 5.41 Å². The summed E-state index contributed by atoms with van der Waals surface area (Å²) in [5.74, 6) is 0. The number of likely N-dealkylation sites (N-methyl/N-ethyl adjacent to an activating group) is 2. The molecule has 1 aliphatic heterocycles. The van der Waals surface area contributed by atoms with Gasteiger partial charge in [-0.2, -0.15) is 0 Å². The van der Waals surface area contributed by atoms with Gasteiger partial charge in [0.1, 0.15) is 0 Å². The smallest absolute Gasteiger partial charge is 0.0110 e. The molecule has 0 amide bonds. The van der Waals surface area contributed by atoms with E-state index < -0.39 is 0 Å². The van der Waals surface area contributed by atoms with Crippen LogP contribution in [0, 0.1) is 5.41 Å². The summed E-state index contributed by atoms with van der Waals surface area (Å²) in [7, 11) is 4.48. The van der Waals surface area contributed by atoms with Gasteiger partial charge in [-0.1, -0.05) is 27.2 Å². The molecule has 3 heteroatoms. The maximum atomic E-state index is 2.60. The largest absolute Gasteiger partial charge is 0.305 e. The lowest BCUT2D eigenvalue weighted by Gasteiger charge is -2.33. The van der Waals surface area contributed by atoms with E-state index in [4.69, 9.17) is 0 Å². The standard InChI is InChI=1S/C15H33N3/c1-6-15(2,3)7-8-16(4)9-12-18-13-10-17(5)11-14-18/h6-14H2,1-5H3. The summed E-state index contributed by atoms with van der Waals surface area (Å²) >= 11 is 0. The van der Waals surface area contributed by atoms with Crippen LogP contribution in [-0.4, -0.2) is 74.6 Å². The van der Waals surface area contributed by atoms with Gasteiger partial charge < -0.3 is 9.80 Å². The van der Waals surface area contributed by atoms with Crippen LogP contribution in [0.2, 0.25) is 0 Å². The van der Waals surface area contributed by atoms with Crippen LogP contribution in [0.15, 0.2) is 0 Å². The third-order valence-electron chi connectivity index (χ3n) is 4.52. The van der Waals surface area contributed by atoms with Gasteiger partial charge in [0.15, 0.2) is 0 Å². The molecule has 0 bridgehead atoms. The SMILES string of the molecule is CCC(C)(C)CCN(C)CCN1CCN(C)CC1.